The molecule has 6 heteroatoms. The highest BCUT2D eigenvalue weighted by Crippen LogP contribution is 2.33. The van der Waals surface area contributed by atoms with Crippen molar-refractivity contribution in [3.8, 4) is 0 Å². The van der Waals surface area contributed by atoms with E-state index in [1.807, 2.05) is 6.92 Å². The van der Waals surface area contributed by atoms with Crippen LogP contribution in [0.25, 0.3) is 0 Å². The zero-order valence-electron chi connectivity index (χ0n) is 9.22. The molecule has 17 heavy (non-hydrogen) atoms. The van der Waals surface area contributed by atoms with Gasteiger partial charge in [-0.3, -0.25) is 0 Å². The van der Waals surface area contributed by atoms with Crippen LogP contribution < -0.4 is 5.73 Å². The van der Waals surface area contributed by atoms with Gasteiger partial charge in [0, 0.05) is 6.04 Å². The topological polar surface area (TPSA) is 26.0 Å². The summed E-state index contributed by atoms with van der Waals surface area (Å²) in [5, 5.41) is 0. The molecule has 1 atom stereocenters. The zero-order chi connectivity index (χ0) is 12.3. The summed E-state index contributed by atoms with van der Waals surface area (Å²) in [5.74, 6) is -1.26. The minimum Gasteiger partial charge on any atom is -0.324 e. The van der Waals surface area contributed by atoms with Crippen molar-refractivity contribution in [2.75, 3.05) is 0 Å². The molecule has 1 nitrogen and oxygen atoms in total. The number of halogens is 5. The summed E-state index contributed by atoms with van der Waals surface area (Å²) in [5.41, 5.74) is 4.74. The third kappa shape index (κ3) is 4.16. The van der Waals surface area contributed by atoms with Crippen LogP contribution in [0.2, 0.25) is 0 Å². The molecule has 0 aliphatic rings. The second kappa shape index (κ2) is 6.21. The van der Waals surface area contributed by atoms with Gasteiger partial charge in [0.15, 0.2) is 0 Å². The summed E-state index contributed by atoms with van der Waals surface area (Å²) in [6.07, 6.45) is -3.34. The van der Waals surface area contributed by atoms with E-state index in [0.29, 0.717) is 12.0 Å². The smallest absolute Gasteiger partial charge is 0.324 e. The molecule has 0 saturated carbocycles. The fourth-order valence-electron chi connectivity index (χ4n) is 1.47. The Morgan fingerprint density at radius 2 is 1.88 bits per heavy atom. The fourth-order valence-corrected chi connectivity index (χ4v) is 1.47. The van der Waals surface area contributed by atoms with Gasteiger partial charge in [-0.2, -0.15) is 13.2 Å². The maximum atomic E-state index is 13.0. The van der Waals surface area contributed by atoms with Crippen molar-refractivity contribution in [1.29, 1.82) is 0 Å². The molecular weight excluding hydrogens is 258 g/mol. The fraction of sp³-hybridized carbons (Fsp3) is 0.455. The molecule has 0 heterocycles. The van der Waals surface area contributed by atoms with Crippen molar-refractivity contribution in [2.45, 2.75) is 32.0 Å². The van der Waals surface area contributed by atoms with Gasteiger partial charge in [-0.1, -0.05) is 19.4 Å². The van der Waals surface area contributed by atoms with Crippen LogP contribution in [0.5, 0.6) is 0 Å². The van der Waals surface area contributed by atoms with Crippen LogP contribution in [0.1, 0.15) is 36.9 Å². The second-order valence-electron chi connectivity index (χ2n) is 3.63. The van der Waals surface area contributed by atoms with E-state index in [9.17, 15) is 17.6 Å². The monoisotopic (exact) mass is 271 g/mol. The molecule has 0 saturated heterocycles. The number of hydrogen-bond acceptors (Lipinski definition) is 1. The highest BCUT2D eigenvalue weighted by molar-refractivity contribution is 5.85. The summed E-state index contributed by atoms with van der Waals surface area (Å²) < 4.78 is 50.1. The first-order valence-electron chi connectivity index (χ1n) is 4.98. The largest absolute Gasteiger partial charge is 0.419 e. The Morgan fingerprint density at radius 1 is 1.29 bits per heavy atom. The van der Waals surface area contributed by atoms with Gasteiger partial charge in [0.05, 0.1) is 5.56 Å². The standard InChI is InChI=1S/C11H13F4N.ClH/c1-2-3-10(16)7-4-5-9(12)8(6-7)11(13,14)15;/h4-6,10H,2-3,16H2,1H3;1H/t10-;/m1./s1. The van der Waals surface area contributed by atoms with Crippen molar-refractivity contribution >= 4 is 12.4 Å². The lowest BCUT2D eigenvalue weighted by atomic mass is 10.0. The number of alkyl halides is 3. The van der Waals surface area contributed by atoms with Crippen LogP contribution in [-0.2, 0) is 6.18 Å². The predicted octanol–water partition coefficient (Wildman–Crippen LogP) is 4.07. The van der Waals surface area contributed by atoms with Crippen molar-refractivity contribution in [2.24, 2.45) is 5.73 Å². The Kier molecular flexibility index (Phi) is 5.92. The molecule has 0 amide bonds. The number of rotatable bonds is 3. The first kappa shape index (κ1) is 16.2. The van der Waals surface area contributed by atoms with Crippen LogP contribution in [0, 0.1) is 5.82 Å². The molecule has 1 aromatic carbocycles. The second-order valence-corrected chi connectivity index (χ2v) is 3.63. The quantitative estimate of drug-likeness (QED) is 0.824. The van der Waals surface area contributed by atoms with E-state index >= 15 is 0 Å². The number of benzene rings is 1. The molecule has 0 aliphatic carbocycles. The lowest BCUT2D eigenvalue weighted by molar-refractivity contribution is -0.140. The molecule has 98 valence electrons. The molecule has 0 radical (unpaired) electrons. The Morgan fingerprint density at radius 3 is 2.35 bits per heavy atom. The number of hydrogen-bond donors (Lipinski definition) is 1. The van der Waals surface area contributed by atoms with Crippen LogP contribution >= 0.6 is 12.4 Å². The molecule has 0 fully saturated rings. The summed E-state index contributed by atoms with van der Waals surface area (Å²) >= 11 is 0. The molecule has 0 unspecified atom stereocenters. The van der Waals surface area contributed by atoms with Crippen molar-refractivity contribution in [3.05, 3.63) is 35.1 Å². The van der Waals surface area contributed by atoms with Gasteiger partial charge in [-0.15, -0.1) is 12.4 Å². The Labute approximate surface area is 103 Å². The van der Waals surface area contributed by atoms with Gasteiger partial charge in [0.25, 0.3) is 0 Å². The van der Waals surface area contributed by atoms with E-state index in [4.69, 9.17) is 5.73 Å². The SMILES string of the molecule is CCC[C@@H](N)c1ccc(F)c(C(F)(F)F)c1.Cl. The Balaban J connectivity index is 0.00000256. The molecule has 0 aliphatic heterocycles. The third-order valence-electron chi connectivity index (χ3n) is 2.32. The van der Waals surface area contributed by atoms with Gasteiger partial charge in [-0.25, -0.2) is 4.39 Å². The van der Waals surface area contributed by atoms with Gasteiger partial charge in [0.1, 0.15) is 5.82 Å². The van der Waals surface area contributed by atoms with Crippen LogP contribution in [-0.4, -0.2) is 0 Å². The highest BCUT2D eigenvalue weighted by atomic mass is 35.5. The summed E-state index contributed by atoms with van der Waals surface area (Å²) in [6, 6.07) is 2.42. The predicted molar refractivity (Wildman–Crippen MR) is 60.5 cm³/mol. The molecule has 0 spiro atoms. The summed E-state index contributed by atoms with van der Waals surface area (Å²) in [4.78, 5) is 0. The number of nitrogens with two attached hydrogens (primary N) is 1. The van der Waals surface area contributed by atoms with Gasteiger partial charge >= 0.3 is 6.18 Å². The summed E-state index contributed by atoms with van der Waals surface area (Å²) in [7, 11) is 0. The molecule has 2 N–H and O–H groups in total. The van der Waals surface area contributed by atoms with E-state index in [0.717, 1.165) is 18.6 Å². The van der Waals surface area contributed by atoms with E-state index in [1.54, 1.807) is 0 Å². The first-order chi connectivity index (χ1) is 7.36. The molecule has 1 aromatic rings. The van der Waals surface area contributed by atoms with E-state index in [1.165, 1.54) is 6.07 Å². The minimum absolute atomic E-state index is 0. The van der Waals surface area contributed by atoms with E-state index in [2.05, 4.69) is 0 Å². The normalized spacial score (nSPS) is 13.1. The highest BCUT2D eigenvalue weighted by Gasteiger charge is 2.34. The first-order valence-corrected chi connectivity index (χ1v) is 4.98. The Bertz CT molecular complexity index is 365. The van der Waals surface area contributed by atoms with Gasteiger partial charge < -0.3 is 5.73 Å². The average molecular weight is 272 g/mol. The van der Waals surface area contributed by atoms with E-state index < -0.39 is 23.6 Å². The Hall–Kier alpha value is -0.810. The van der Waals surface area contributed by atoms with Gasteiger partial charge in [0.2, 0.25) is 0 Å². The minimum atomic E-state index is -4.67. The van der Waals surface area contributed by atoms with Gasteiger partial charge in [-0.05, 0) is 24.1 Å². The molecule has 1 rings (SSSR count). The third-order valence-corrected chi connectivity index (χ3v) is 2.32. The molecule has 0 bridgehead atoms. The average Bonchev–Trinajstić information content (AvgIpc) is 2.16. The summed E-state index contributed by atoms with van der Waals surface area (Å²) in [6.45, 7) is 1.88. The van der Waals surface area contributed by atoms with Crippen molar-refractivity contribution in [3.63, 3.8) is 0 Å². The lowest BCUT2D eigenvalue weighted by Crippen LogP contribution is -2.13. The maximum absolute atomic E-state index is 13.0. The lowest BCUT2D eigenvalue weighted by Gasteiger charge is -2.14. The maximum Gasteiger partial charge on any atom is 0.419 e. The van der Waals surface area contributed by atoms with E-state index in [-0.39, 0.29) is 12.4 Å². The molecular formula is C11H14ClF4N. The molecule has 0 aromatic heterocycles. The van der Waals surface area contributed by atoms with Crippen LogP contribution in [0.15, 0.2) is 18.2 Å². The van der Waals surface area contributed by atoms with Crippen molar-refractivity contribution in [1.82, 2.24) is 0 Å². The van der Waals surface area contributed by atoms with Crippen LogP contribution in [0.3, 0.4) is 0 Å². The zero-order valence-corrected chi connectivity index (χ0v) is 10.0. The van der Waals surface area contributed by atoms with Crippen molar-refractivity contribution < 1.29 is 17.6 Å². The van der Waals surface area contributed by atoms with Crippen LogP contribution in [0.4, 0.5) is 17.6 Å².